The Morgan fingerprint density at radius 3 is 3.05 bits per heavy atom. The molecule has 0 aliphatic carbocycles. The van der Waals surface area contributed by atoms with E-state index in [2.05, 4.69) is 4.72 Å². The Kier molecular flexibility index (Phi) is 3.54. The van der Waals surface area contributed by atoms with Crippen LogP contribution in [-0.2, 0) is 14.8 Å². The van der Waals surface area contributed by atoms with Crippen molar-refractivity contribution >= 4 is 15.9 Å². The first-order valence-corrected chi connectivity index (χ1v) is 8.63. The number of nitrogens with zero attached hydrogens (tertiary/aromatic N) is 1. The van der Waals surface area contributed by atoms with Gasteiger partial charge in [-0.05, 0) is 6.07 Å². The molecule has 8 heteroatoms. The van der Waals surface area contributed by atoms with Crippen LogP contribution >= 0.6 is 0 Å². The van der Waals surface area contributed by atoms with E-state index < -0.39 is 10.0 Å². The number of furan rings is 1. The van der Waals surface area contributed by atoms with Crippen LogP contribution in [0, 0.1) is 11.3 Å². The molecule has 1 N–H and O–H groups in total. The number of amides is 1. The summed E-state index contributed by atoms with van der Waals surface area (Å²) in [5, 5.41) is 0. The first-order valence-electron chi connectivity index (χ1n) is 6.73. The summed E-state index contributed by atoms with van der Waals surface area (Å²) in [6.07, 6.45) is 4.03. The minimum Gasteiger partial charge on any atom is -0.472 e. The standard InChI is InChI=1S/C13H18N2O5S/c1-21(17,18)14-7-13-8-15(4-11(13)6-20-9-13)12(16)10-2-3-19-5-10/h2-3,5,11,14H,4,6-9H2,1H3/t11-,13+/m0/s1. The minimum absolute atomic E-state index is 0.0862. The zero-order valence-electron chi connectivity index (χ0n) is 11.7. The lowest BCUT2D eigenvalue weighted by atomic mass is 9.81. The molecule has 2 aliphatic rings. The molecule has 0 unspecified atom stereocenters. The zero-order valence-corrected chi connectivity index (χ0v) is 12.6. The van der Waals surface area contributed by atoms with Gasteiger partial charge < -0.3 is 14.1 Å². The van der Waals surface area contributed by atoms with Crippen LogP contribution in [0.15, 0.2) is 23.0 Å². The Morgan fingerprint density at radius 1 is 1.57 bits per heavy atom. The lowest BCUT2D eigenvalue weighted by Crippen LogP contribution is -2.43. The van der Waals surface area contributed by atoms with Gasteiger partial charge in [-0.3, -0.25) is 4.79 Å². The summed E-state index contributed by atoms with van der Waals surface area (Å²) in [5.74, 6) is 0.0690. The second-order valence-electron chi connectivity index (χ2n) is 5.87. The van der Waals surface area contributed by atoms with Gasteiger partial charge in [0, 0.05) is 31.0 Å². The molecule has 0 saturated carbocycles. The molecule has 0 bridgehead atoms. The minimum atomic E-state index is -3.26. The second kappa shape index (κ2) is 5.11. The highest BCUT2D eigenvalue weighted by Gasteiger charge is 2.52. The number of ether oxygens (including phenoxy) is 1. The van der Waals surface area contributed by atoms with E-state index in [1.54, 1.807) is 11.0 Å². The lowest BCUT2D eigenvalue weighted by molar-refractivity contribution is 0.0721. The van der Waals surface area contributed by atoms with E-state index in [1.807, 2.05) is 0 Å². The quantitative estimate of drug-likeness (QED) is 0.839. The average molecular weight is 314 g/mol. The first kappa shape index (κ1) is 14.6. The number of likely N-dealkylation sites (tertiary alicyclic amines) is 1. The van der Waals surface area contributed by atoms with Crippen LogP contribution in [0.1, 0.15) is 10.4 Å². The summed E-state index contributed by atoms with van der Waals surface area (Å²) in [6.45, 7) is 2.39. The molecule has 3 heterocycles. The number of hydrogen-bond acceptors (Lipinski definition) is 5. The van der Waals surface area contributed by atoms with E-state index in [9.17, 15) is 13.2 Å². The maximum absolute atomic E-state index is 12.4. The summed E-state index contributed by atoms with van der Waals surface area (Å²) in [7, 11) is -3.26. The molecule has 2 fully saturated rings. The van der Waals surface area contributed by atoms with Crippen molar-refractivity contribution in [3.05, 3.63) is 24.2 Å². The maximum atomic E-state index is 12.4. The molecule has 21 heavy (non-hydrogen) atoms. The van der Waals surface area contributed by atoms with E-state index in [0.717, 1.165) is 6.26 Å². The average Bonchev–Trinajstić information content (AvgIpc) is 3.10. The molecule has 116 valence electrons. The van der Waals surface area contributed by atoms with Crippen molar-refractivity contribution in [1.29, 1.82) is 0 Å². The van der Waals surface area contributed by atoms with Crippen molar-refractivity contribution in [2.24, 2.45) is 11.3 Å². The molecule has 0 radical (unpaired) electrons. The monoisotopic (exact) mass is 314 g/mol. The molecule has 2 aliphatic heterocycles. The normalized spacial score (nSPS) is 28.8. The van der Waals surface area contributed by atoms with Crippen LogP contribution in [-0.4, -0.2) is 58.3 Å². The Labute approximate surface area is 123 Å². The Bertz CT molecular complexity index is 627. The predicted octanol–water partition coefficient (Wildman–Crippen LogP) is -0.0826. The third-order valence-electron chi connectivity index (χ3n) is 4.26. The Morgan fingerprint density at radius 2 is 2.38 bits per heavy atom. The molecular formula is C13H18N2O5S. The molecule has 2 saturated heterocycles. The summed E-state index contributed by atoms with van der Waals surface area (Å²) in [5.41, 5.74) is 0.185. The van der Waals surface area contributed by atoms with Crippen molar-refractivity contribution in [2.45, 2.75) is 0 Å². The van der Waals surface area contributed by atoms with Crippen molar-refractivity contribution in [3.63, 3.8) is 0 Å². The van der Waals surface area contributed by atoms with Crippen LogP contribution < -0.4 is 4.72 Å². The van der Waals surface area contributed by atoms with E-state index in [4.69, 9.17) is 9.15 Å². The van der Waals surface area contributed by atoms with Gasteiger partial charge in [0.1, 0.15) is 6.26 Å². The first-order chi connectivity index (χ1) is 9.90. The Balaban J connectivity index is 1.74. The van der Waals surface area contributed by atoms with Gasteiger partial charge in [-0.15, -0.1) is 0 Å². The SMILES string of the molecule is CS(=O)(=O)NC[C@@]12COC[C@@H]1CN(C(=O)c1ccoc1)C2. The van der Waals surface area contributed by atoms with Crippen molar-refractivity contribution < 1.29 is 22.4 Å². The molecule has 7 nitrogen and oxygen atoms in total. The van der Waals surface area contributed by atoms with Crippen LogP contribution in [0.5, 0.6) is 0 Å². The van der Waals surface area contributed by atoms with Gasteiger partial charge in [0.2, 0.25) is 10.0 Å². The highest BCUT2D eigenvalue weighted by atomic mass is 32.2. The molecule has 1 aromatic heterocycles. The third kappa shape index (κ3) is 2.83. The molecular weight excluding hydrogens is 296 g/mol. The van der Waals surface area contributed by atoms with Gasteiger partial charge in [-0.2, -0.15) is 0 Å². The van der Waals surface area contributed by atoms with Gasteiger partial charge in [-0.1, -0.05) is 0 Å². The number of rotatable bonds is 4. The van der Waals surface area contributed by atoms with Crippen molar-refractivity contribution in [1.82, 2.24) is 9.62 Å². The molecule has 1 aromatic rings. The van der Waals surface area contributed by atoms with E-state index >= 15 is 0 Å². The number of carbonyl (C=O) groups excluding carboxylic acids is 1. The fourth-order valence-electron chi connectivity index (χ4n) is 3.08. The van der Waals surface area contributed by atoms with Crippen LogP contribution in [0.2, 0.25) is 0 Å². The molecule has 1 amide bonds. The third-order valence-corrected chi connectivity index (χ3v) is 4.93. The summed E-state index contributed by atoms with van der Waals surface area (Å²) >= 11 is 0. The van der Waals surface area contributed by atoms with Gasteiger partial charge >= 0.3 is 0 Å². The van der Waals surface area contributed by atoms with Gasteiger partial charge in [-0.25, -0.2) is 13.1 Å². The van der Waals surface area contributed by atoms with E-state index in [-0.39, 0.29) is 17.2 Å². The lowest BCUT2D eigenvalue weighted by Gasteiger charge is -2.26. The van der Waals surface area contributed by atoms with Gasteiger partial charge in [0.05, 0.1) is 31.3 Å². The highest BCUT2D eigenvalue weighted by molar-refractivity contribution is 7.88. The number of hydrogen-bond donors (Lipinski definition) is 1. The highest BCUT2D eigenvalue weighted by Crippen LogP contribution is 2.41. The molecule has 0 aromatic carbocycles. The maximum Gasteiger partial charge on any atom is 0.257 e. The predicted molar refractivity (Wildman–Crippen MR) is 74.2 cm³/mol. The Hall–Kier alpha value is -1.38. The summed E-state index contributed by atoms with van der Waals surface area (Å²) in [4.78, 5) is 14.1. The summed E-state index contributed by atoms with van der Waals surface area (Å²) < 4.78 is 35.7. The zero-order chi connectivity index (χ0) is 15.1. The van der Waals surface area contributed by atoms with Crippen LogP contribution in [0.4, 0.5) is 0 Å². The van der Waals surface area contributed by atoms with Gasteiger partial charge in [0.15, 0.2) is 0 Å². The summed E-state index contributed by atoms with van der Waals surface area (Å²) in [6, 6.07) is 1.63. The molecule has 2 atom stereocenters. The number of nitrogens with one attached hydrogen (secondary N) is 1. The fourth-order valence-corrected chi connectivity index (χ4v) is 3.63. The van der Waals surface area contributed by atoms with Crippen molar-refractivity contribution in [3.8, 4) is 0 Å². The fraction of sp³-hybridized carbons (Fsp3) is 0.615. The number of carbonyl (C=O) groups is 1. The largest absolute Gasteiger partial charge is 0.472 e. The van der Waals surface area contributed by atoms with E-state index in [0.29, 0.717) is 38.4 Å². The molecule has 0 spiro atoms. The van der Waals surface area contributed by atoms with Gasteiger partial charge in [0.25, 0.3) is 5.91 Å². The van der Waals surface area contributed by atoms with Crippen LogP contribution in [0.3, 0.4) is 0 Å². The molecule has 3 rings (SSSR count). The van der Waals surface area contributed by atoms with Crippen LogP contribution in [0.25, 0.3) is 0 Å². The number of fused-ring (bicyclic) bond motifs is 1. The number of sulfonamides is 1. The topological polar surface area (TPSA) is 88.9 Å². The van der Waals surface area contributed by atoms with E-state index in [1.165, 1.54) is 12.5 Å². The van der Waals surface area contributed by atoms with Crippen molar-refractivity contribution in [2.75, 3.05) is 39.1 Å². The smallest absolute Gasteiger partial charge is 0.257 e. The second-order valence-corrected chi connectivity index (χ2v) is 7.70.